The molecule has 0 spiro atoms. The molecule has 10 heteroatoms. The standard InChI is InChI=1S/C22H15ClFN3O5/c1-12-7-19(27-32-12)26-21(28)15(11-25)8-13-9-17(23)20(18(10-13)30-2)31-22(29)14-3-5-16(24)6-4-14/h3-10H,1-2H3,(H,26,27,28)/b15-8-. The molecule has 1 aromatic heterocycles. The molecule has 1 heterocycles. The van der Waals surface area contributed by atoms with Crippen LogP contribution in [0.15, 0.2) is 52.6 Å². The maximum absolute atomic E-state index is 13.1. The minimum atomic E-state index is -0.770. The fourth-order valence-electron chi connectivity index (χ4n) is 2.58. The number of halogens is 2. The third-order valence-electron chi connectivity index (χ3n) is 4.07. The van der Waals surface area contributed by atoms with Crippen molar-refractivity contribution >= 4 is 35.4 Å². The maximum atomic E-state index is 13.1. The van der Waals surface area contributed by atoms with E-state index in [0.29, 0.717) is 11.3 Å². The summed E-state index contributed by atoms with van der Waals surface area (Å²) >= 11 is 6.26. The molecule has 0 aliphatic carbocycles. The van der Waals surface area contributed by atoms with E-state index in [0.717, 1.165) is 12.1 Å². The molecule has 0 saturated heterocycles. The molecule has 3 aromatic rings. The van der Waals surface area contributed by atoms with Crippen LogP contribution >= 0.6 is 11.6 Å². The van der Waals surface area contributed by atoms with Crippen molar-refractivity contribution in [3.05, 3.63) is 75.8 Å². The Morgan fingerprint density at radius 1 is 1.25 bits per heavy atom. The summed E-state index contributed by atoms with van der Waals surface area (Å²) in [7, 11) is 1.33. The first-order chi connectivity index (χ1) is 15.3. The predicted octanol–water partition coefficient (Wildman–Crippen LogP) is 4.55. The van der Waals surface area contributed by atoms with E-state index in [2.05, 4.69) is 10.5 Å². The van der Waals surface area contributed by atoms with E-state index in [1.165, 1.54) is 43.5 Å². The van der Waals surface area contributed by atoms with Crippen molar-refractivity contribution in [2.75, 3.05) is 12.4 Å². The van der Waals surface area contributed by atoms with E-state index >= 15 is 0 Å². The first-order valence-electron chi connectivity index (χ1n) is 9.02. The third-order valence-corrected chi connectivity index (χ3v) is 4.35. The molecule has 0 unspecified atom stereocenters. The van der Waals surface area contributed by atoms with Crippen LogP contribution in [0.4, 0.5) is 10.2 Å². The Bertz CT molecular complexity index is 1250. The van der Waals surface area contributed by atoms with Gasteiger partial charge in [0.05, 0.1) is 17.7 Å². The first kappa shape index (κ1) is 22.5. The fraction of sp³-hybridized carbons (Fsp3) is 0.0909. The van der Waals surface area contributed by atoms with E-state index in [1.54, 1.807) is 13.0 Å². The number of hydrogen-bond donors (Lipinski definition) is 1. The highest BCUT2D eigenvalue weighted by Gasteiger charge is 2.18. The number of hydrogen-bond acceptors (Lipinski definition) is 7. The van der Waals surface area contributed by atoms with Crippen molar-refractivity contribution in [1.29, 1.82) is 5.26 Å². The Balaban J connectivity index is 1.85. The van der Waals surface area contributed by atoms with Gasteiger partial charge in [0.15, 0.2) is 17.3 Å². The molecule has 0 fully saturated rings. The SMILES string of the molecule is COc1cc(/C=C(/C#N)C(=O)Nc2cc(C)on2)cc(Cl)c1OC(=O)c1ccc(F)cc1. The monoisotopic (exact) mass is 455 g/mol. The molecule has 0 aliphatic rings. The summed E-state index contributed by atoms with van der Waals surface area (Å²) in [6.45, 7) is 1.66. The highest BCUT2D eigenvalue weighted by Crippen LogP contribution is 2.37. The van der Waals surface area contributed by atoms with Gasteiger partial charge in [0, 0.05) is 6.07 Å². The van der Waals surface area contributed by atoms with Crippen LogP contribution in [0, 0.1) is 24.1 Å². The Morgan fingerprint density at radius 3 is 2.56 bits per heavy atom. The molecule has 0 atom stereocenters. The number of nitriles is 1. The second-order valence-corrected chi connectivity index (χ2v) is 6.78. The Kier molecular flexibility index (Phi) is 6.87. The number of nitrogens with one attached hydrogen (secondary N) is 1. The molecule has 1 amide bonds. The summed E-state index contributed by atoms with van der Waals surface area (Å²) in [6.07, 6.45) is 1.28. The summed E-state index contributed by atoms with van der Waals surface area (Å²) in [5.74, 6) is -1.30. The molecular weight excluding hydrogens is 441 g/mol. The highest BCUT2D eigenvalue weighted by molar-refractivity contribution is 6.32. The van der Waals surface area contributed by atoms with E-state index in [-0.39, 0.29) is 33.5 Å². The highest BCUT2D eigenvalue weighted by atomic mass is 35.5. The molecule has 8 nitrogen and oxygen atoms in total. The summed E-state index contributed by atoms with van der Waals surface area (Å²) in [6, 6.07) is 10.9. The van der Waals surface area contributed by atoms with Gasteiger partial charge in [0.1, 0.15) is 23.2 Å². The van der Waals surface area contributed by atoms with Crippen molar-refractivity contribution in [2.45, 2.75) is 6.92 Å². The molecule has 0 radical (unpaired) electrons. The quantitative estimate of drug-likeness (QED) is 0.251. The molecule has 0 bridgehead atoms. The van der Waals surface area contributed by atoms with Crippen LogP contribution in [0.2, 0.25) is 5.02 Å². The number of aromatic nitrogens is 1. The van der Waals surface area contributed by atoms with Crippen LogP contribution < -0.4 is 14.8 Å². The van der Waals surface area contributed by atoms with Gasteiger partial charge >= 0.3 is 5.97 Å². The van der Waals surface area contributed by atoms with Gasteiger partial charge in [0.25, 0.3) is 5.91 Å². The lowest BCUT2D eigenvalue weighted by Crippen LogP contribution is -2.13. The molecule has 0 aliphatic heterocycles. The van der Waals surface area contributed by atoms with Crippen molar-refractivity contribution in [3.63, 3.8) is 0 Å². The van der Waals surface area contributed by atoms with Gasteiger partial charge in [-0.05, 0) is 55.0 Å². The van der Waals surface area contributed by atoms with Crippen LogP contribution in [-0.2, 0) is 4.79 Å². The Morgan fingerprint density at radius 2 is 1.97 bits per heavy atom. The Labute approximate surface area is 186 Å². The lowest BCUT2D eigenvalue weighted by molar-refractivity contribution is -0.112. The number of aryl methyl sites for hydroxylation is 1. The van der Waals surface area contributed by atoms with E-state index < -0.39 is 17.7 Å². The average Bonchev–Trinajstić information content (AvgIpc) is 3.18. The first-order valence-corrected chi connectivity index (χ1v) is 9.40. The number of ether oxygens (including phenoxy) is 2. The molecule has 2 aromatic carbocycles. The molecule has 0 saturated carbocycles. The van der Waals surface area contributed by atoms with E-state index in [9.17, 15) is 19.2 Å². The van der Waals surface area contributed by atoms with Crippen molar-refractivity contribution < 1.29 is 28.0 Å². The average molecular weight is 456 g/mol. The molecule has 32 heavy (non-hydrogen) atoms. The number of esters is 1. The number of benzene rings is 2. The molecule has 1 N–H and O–H groups in total. The maximum Gasteiger partial charge on any atom is 0.343 e. The van der Waals surface area contributed by atoms with E-state index in [4.69, 9.17) is 25.6 Å². The van der Waals surface area contributed by atoms with Crippen LogP contribution in [0.5, 0.6) is 11.5 Å². The number of rotatable bonds is 6. The summed E-state index contributed by atoms with van der Waals surface area (Å²) in [5.41, 5.74) is 0.219. The summed E-state index contributed by atoms with van der Waals surface area (Å²) in [4.78, 5) is 24.7. The number of anilines is 1. The zero-order chi connectivity index (χ0) is 23.3. The van der Waals surface area contributed by atoms with Gasteiger partial charge in [-0.15, -0.1) is 0 Å². The van der Waals surface area contributed by atoms with Gasteiger partial charge in [-0.3, -0.25) is 4.79 Å². The van der Waals surface area contributed by atoms with Gasteiger partial charge < -0.3 is 19.3 Å². The van der Waals surface area contributed by atoms with Crippen molar-refractivity contribution in [2.24, 2.45) is 0 Å². The third kappa shape index (κ3) is 5.30. The van der Waals surface area contributed by atoms with Crippen molar-refractivity contribution in [3.8, 4) is 17.6 Å². The Hall–Kier alpha value is -4.16. The van der Waals surface area contributed by atoms with Gasteiger partial charge in [-0.25, -0.2) is 9.18 Å². The summed E-state index contributed by atoms with van der Waals surface area (Å²) in [5, 5.41) is 15.4. The second kappa shape index (κ2) is 9.76. The van der Waals surface area contributed by atoms with Crippen molar-refractivity contribution in [1.82, 2.24) is 5.16 Å². The minimum Gasteiger partial charge on any atom is -0.493 e. The van der Waals surface area contributed by atoms with Crippen LogP contribution in [0.25, 0.3) is 6.08 Å². The van der Waals surface area contributed by atoms with Crippen LogP contribution in [0.3, 0.4) is 0 Å². The van der Waals surface area contributed by atoms with Crippen LogP contribution in [-0.4, -0.2) is 24.1 Å². The lowest BCUT2D eigenvalue weighted by atomic mass is 10.1. The zero-order valence-corrected chi connectivity index (χ0v) is 17.6. The molecule has 162 valence electrons. The number of carbonyl (C=O) groups is 2. The predicted molar refractivity (Wildman–Crippen MR) is 113 cm³/mol. The number of carbonyl (C=O) groups excluding carboxylic acids is 2. The number of nitrogens with zero attached hydrogens (tertiary/aromatic N) is 2. The van der Waals surface area contributed by atoms with Gasteiger partial charge in [0.2, 0.25) is 0 Å². The topological polar surface area (TPSA) is 114 Å². The molecule has 3 rings (SSSR count). The smallest absolute Gasteiger partial charge is 0.343 e. The van der Waals surface area contributed by atoms with E-state index in [1.807, 2.05) is 0 Å². The zero-order valence-electron chi connectivity index (χ0n) is 16.8. The lowest BCUT2D eigenvalue weighted by Gasteiger charge is -2.12. The largest absolute Gasteiger partial charge is 0.493 e. The van der Waals surface area contributed by atoms with Gasteiger partial charge in [-0.1, -0.05) is 16.8 Å². The number of methoxy groups -OCH3 is 1. The summed E-state index contributed by atoms with van der Waals surface area (Å²) < 4.78 is 28.5. The second-order valence-electron chi connectivity index (χ2n) is 6.38. The normalized spacial score (nSPS) is 10.9. The number of amides is 1. The van der Waals surface area contributed by atoms with Gasteiger partial charge in [-0.2, -0.15) is 5.26 Å². The fourth-order valence-corrected chi connectivity index (χ4v) is 2.84. The minimum absolute atomic E-state index is 0.00381. The van der Waals surface area contributed by atoms with Crippen LogP contribution in [0.1, 0.15) is 21.7 Å². The molecular formula is C22H15ClFN3O5.